The summed E-state index contributed by atoms with van der Waals surface area (Å²) in [6, 6.07) is 15.9. The second-order valence-corrected chi connectivity index (χ2v) is 11.0. The number of anilines is 1. The molecule has 192 valence electrons. The van der Waals surface area contributed by atoms with E-state index >= 15 is 0 Å². The first-order valence-electron chi connectivity index (χ1n) is 12.3. The standard InChI is InChI=1S/C27H39N3O4S/c1-6-8-18-28-27(32)24(7-2)29(19-22-14-10-9-11-15-22)26(31)20-30(35(5,33)34)25-17-13-12-16-23(25)21(3)4/h9-17,21,24H,6-8,18-20H2,1-5H3,(H,28,32)/t24-/m1/s1. The van der Waals surface area contributed by atoms with Crippen LogP contribution in [-0.4, -0.2) is 50.5 Å². The van der Waals surface area contributed by atoms with E-state index < -0.39 is 22.0 Å². The highest BCUT2D eigenvalue weighted by Gasteiger charge is 2.32. The first-order chi connectivity index (χ1) is 16.6. The van der Waals surface area contributed by atoms with Crippen molar-refractivity contribution in [3.8, 4) is 0 Å². The molecule has 0 aromatic heterocycles. The van der Waals surface area contributed by atoms with E-state index in [0.29, 0.717) is 18.7 Å². The number of para-hydroxylation sites is 1. The normalized spacial score (nSPS) is 12.3. The first-order valence-corrected chi connectivity index (χ1v) is 14.1. The number of carbonyl (C=O) groups excluding carboxylic acids is 2. The summed E-state index contributed by atoms with van der Waals surface area (Å²) >= 11 is 0. The van der Waals surface area contributed by atoms with Gasteiger partial charge in [0.1, 0.15) is 12.6 Å². The van der Waals surface area contributed by atoms with Crippen molar-refractivity contribution in [3.63, 3.8) is 0 Å². The molecule has 2 rings (SSSR count). The van der Waals surface area contributed by atoms with Gasteiger partial charge in [-0.25, -0.2) is 8.42 Å². The lowest BCUT2D eigenvalue weighted by Crippen LogP contribution is -2.52. The topological polar surface area (TPSA) is 86.8 Å². The van der Waals surface area contributed by atoms with Crippen LogP contribution in [0.2, 0.25) is 0 Å². The molecule has 0 saturated carbocycles. The van der Waals surface area contributed by atoms with Gasteiger partial charge in [-0.15, -0.1) is 0 Å². The van der Waals surface area contributed by atoms with E-state index in [-0.39, 0.29) is 24.9 Å². The fourth-order valence-corrected chi connectivity index (χ4v) is 4.87. The third-order valence-corrected chi connectivity index (χ3v) is 7.04. The lowest BCUT2D eigenvalue weighted by atomic mass is 10.0. The molecule has 0 saturated heterocycles. The van der Waals surface area contributed by atoms with E-state index in [1.807, 2.05) is 70.2 Å². The molecule has 0 heterocycles. The Morgan fingerprint density at radius 3 is 2.17 bits per heavy atom. The number of nitrogens with one attached hydrogen (secondary N) is 1. The maximum Gasteiger partial charge on any atom is 0.244 e. The van der Waals surface area contributed by atoms with Crippen LogP contribution >= 0.6 is 0 Å². The molecular weight excluding hydrogens is 462 g/mol. The molecule has 8 heteroatoms. The molecule has 0 bridgehead atoms. The van der Waals surface area contributed by atoms with Gasteiger partial charge < -0.3 is 10.2 Å². The SMILES string of the molecule is CCCCNC(=O)[C@@H](CC)N(Cc1ccccc1)C(=O)CN(c1ccccc1C(C)C)S(C)(=O)=O. The zero-order valence-electron chi connectivity index (χ0n) is 21.5. The number of carbonyl (C=O) groups is 2. The van der Waals surface area contributed by atoms with Gasteiger partial charge in [-0.1, -0.05) is 82.6 Å². The zero-order valence-corrected chi connectivity index (χ0v) is 22.3. The summed E-state index contributed by atoms with van der Waals surface area (Å²) in [5, 5.41) is 2.93. The van der Waals surface area contributed by atoms with Gasteiger partial charge in [0.2, 0.25) is 21.8 Å². The van der Waals surface area contributed by atoms with Gasteiger partial charge in [-0.2, -0.15) is 0 Å². The predicted molar refractivity (Wildman–Crippen MR) is 142 cm³/mol. The summed E-state index contributed by atoms with van der Waals surface area (Å²) in [5.74, 6) is -0.576. The quantitative estimate of drug-likeness (QED) is 0.415. The van der Waals surface area contributed by atoms with Gasteiger partial charge in [-0.05, 0) is 36.0 Å². The number of hydrogen-bond acceptors (Lipinski definition) is 4. The van der Waals surface area contributed by atoms with E-state index in [1.54, 1.807) is 12.1 Å². The Kier molecular flexibility index (Phi) is 10.8. The summed E-state index contributed by atoms with van der Waals surface area (Å²) in [7, 11) is -3.76. The number of hydrogen-bond donors (Lipinski definition) is 1. The van der Waals surface area contributed by atoms with Crippen molar-refractivity contribution >= 4 is 27.5 Å². The molecule has 0 radical (unpaired) electrons. The third kappa shape index (κ3) is 8.09. The average Bonchev–Trinajstić information content (AvgIpc) is 2.82. The maximum atomic E-state index is 13.7. The fraction of sp³-hybridized carbons (Fsp3) is 0.481. The monoisotopic (exact) mass is 501 g/mol. The van der Waals surface area contributed by atoms with Crippen LogP contribution in [0.3, 0.4) is 0 Å². The van der Waals surface area contributed by atoms with Gasteiger partial charge in [0, 0.05) is 13.1 Å². The van der Waals surface area contributed by atoms with Crippen LogP contribution in [0.25, 0.3) is 0 Å². The van der Waals surface area contributed by atoms with Crippen molar-refractivity contribution in [1.82, 2.24) is 10.2 Å². The first kappa shape index (κ1) is 28.4. The van der Waals surface area contributed by atoms with Crippen molar-refractivity contribution < 1.29 is 18.0 Å². The van der Waals surface area contributed by atoms with Crippen molar-refractivity contribution in [2.75, 3.05) is 23.7 Å². The number of unbranched alkanes of at least 4 members (excludes halogenated alkanes) is 1. The molecule has 2 aromatic carbocycles. The van der Waals surface area contributed by atoms with Crippen LogP contribution in [0.15, 0.2) is 54.6 Å². The summed E-state index contributed by atoms with van der Waals surface area (Å²) in [5.41, 5.74) is 2.19. The van der Waals surface area contributed by atoms with E-state index in [2.05, 4.69) is 5.32 Å². The molecule has 0 spiro atoms. The van der Waals surface area contributed by atoms with E-state index in [0.717, 1.165) is 34.5 Å². The smallest absolute Gasteiger partial charge is 0.244 e. The highest BCUT2D eigenvalue weighted by molar-refractivity contribution is 7.92. The Hall–Kier alpha value is -2.87. The molecule has 0 aliphatic carbocycles. The van der Waals surface area contributed by atoms with Crippen molar-refractivity contribution in [1.29, 1.82) is 0 Å². The number of benzene rings is 2. The zero-order chi connectivity index (χ0) is 26.0. The minimum absolute atomic E-state index is 0.0682. The van der Waals surface area contributed by atoms with Crippen LogP contribution in [0.1, 0.15) is 64.0 Å². The molecular formula is C27H39N3O4S. The Bertz CT molecular complexity index is 1070. The predicted octanol–water partition coefficient (Wildman–Crippen LogP) is 4.30. The fourth-order valence-electron chi connectivity index (χ4n) is 4.00. The van der Waals surface area contributed by atoms with E-state index in [9.17, 15) is 18.0 Å². The Morgan fingerprint density at radius 1 is 0.971 bits per heavy atom. The van der Waals surface area contributed by atoms with Crippen molar-refractivity contribution in [2.45, 2.75) is 65.5 Å². The highest BCUT2D eigenvalue weighted by atomic mass is 32.2. The Labute approximate surface area is 210 Å². The third-order valence-electron chi connectivity index (χ3n) is 5.92. The second-order valence-electron chi connectivity index (χ2n) is 9.06. The second kappa shape index (κ2) is 13.3. The van der Waals surface area contributed by atoms with Crippen LogP contribution in [0, 0.1) is 0 Å². The molecule has 2 aromatic rings. The van der Waals surface area contributed by atoms with Crippen LogP contribution in [0.4, 0.5) is 5.69 Å². The van der Waals surface area contributed by atoms with Gasteiger partial charge in [0.05, 0.1) is 11.9 Å². The van der Waals surface area contributed by atoms with Crippen LogP contribution in [-0.2, 0) is 26.2 Å². The van der Waals surface area contributed by atoms with Gasteiger partial charge in [0.15, 0.2) is 0 Å². The van der Waals surface area contributed by atoms with Crippen molar-refractivity contribution in [3.05, 3.63) is 65.7 Å². The number of sulfonamides is 1. The minimum atomic E-state index is -3.76. The average molecular weight is 502 g/mol. The molecule has 0 aliphatic rings. The maximum absolute atomic E-state index is 13.7. The Balaban J connectivity index is 2.44. The molecule has 35 heavy (non-hydrogen) atoms. The van der Waals surface area contributed by atoms with Gasteiger partial charge >= 0.3 is 0 Å². The van der Waals surface area contributed by atoms with Crippen LogP contribution < -0.4 is 9.62 Å². The van der Waals surface area contributed by atoms with Crippen molar-refractivity contribution in [2.24, 2.45) is 0 Å². The molecule has 7 nitrogen and oxygen atoms in total. The molecule has 0 unspecified atom stereocenters. The molecule has 2 amide bonds. The van der Waals surface area contributed by atoms with Crippen LogP contribution in [0.5, 0.6) is 0 Å². The van der Waals surface area contributed by atoms with E-state index in [1.165, 1.54) is 4.90 Å². The minimum Gasteiger partial charge on any atom is -0.354 e. The van der Waals surface area contributed by atoms with Gasteiger partial charge in [-0.3, -0.25) is 13.9 Å². The number of nitrogens with zero attached hydrogens (tertiary/aromatic N) is 2. The summed E-state index contributed by atoms with van der Waals surface area (Å²) in [4.78, 5) is 28.3. The van der Waals surface area contributed by atoms with E-state index in [4.69, 9.17) is 0 Å². The number of rotatable bonds is 13. The molecule has 1 N–H and O–H groups in total. The summed E-state index contributed by atoms with van der Waals surface area (Å²) < 4.78 is 26.9. The largest absolute Gasteiger partial charge is 0.354 e. The summed E-state index contributed by atoms with van der Waals surface area (Å²) in [6.45, 7) is 8.24. The Morgan fingerprint density at radius 2 is 1.60 bits per heavy atom. The lowest BCUT2D eigenvalue weighted by molar-refractivity contribution is -0.140. The highest BCUT2D eigenvalue weighted by Crippen LogP contribution is 2.29. The molecule has 0 fully saturated rings. The number of amides is 2. The summed E-state index contributed by atoms with van der Waals surface area (Å²) in [6.07, 6.45) is 3.32. The molecule has 1 atom stereocenters. The lowest BCUT2D eigenvalue weighted by Gasteiger charge is -2.33. The molecule has 0 aliphatic heterocycles. The van der Waals surface area contributed by atoms with Gasteiger partial charge in [0.25, 0.3) is 0 Å².